The van der Waals surface area contributed by atoms with Crippen LogP contribution in [-0.2, 0) is 27.9 Å². The van der Waals surface area contributed by atoms with Gasteiger partial charge in [0.2, 0.25) is 5.91 Å². The van der Waals surface area contributed by atoms with E-state index in [1.165, 1.54) is 70.6 Å². The highest BCUT2D eigenvalue weighted by atomic mass is 31.2. The largest absolute Gasteiger partial charge is 0.472 e. The van der Waals surface area contributed by atoms with E-state index in [2.05, 4.69) is 67.8 Å². The number of aliphatic hydroxyl groups excluding tert-OH is 1. The van der Waals surface area contributed by atoms with Crippen molar-refractivity contribution in [2.45, 2.75) is 180 Å². The van der Waals surface area contributed by atoms with Gasteiger partial charge in [0.1, 0.15) is 12.7 Å². The SMILES string of the molecule is CCCCC/C=C\C/C=C\C/C=C\C/C=C\CCCCCCCC(=O)NCCOP(=O)(O)OCC(O)COC(=O)CCCCCCCCCCCC. The number of phosphoric acid groups is 1. The van der Waals surface area contributed by atoms with E-state index in [-0.39, 0.29) is 32.1 Å². The highest BCUT2D eigenvalue weighted by Gasteiger charge is 2.23. The lowest BCUT2D eigenvalue weighted by Gasteiger charge is -2.15. The number of nitrogens with one attached hydrogen (secondary N) is 1. The molecule has 52 heavy (non-hydrogen) atoms. The number of unbranched alkanes of at least 4 members (excludes halogenated alkanes) is 17. The Morgan fingerprint density at radius 2 is 1.04 bits per heavy atom. The normalized spacial score (nSPS) is 13.8. The molecule has 0 aromatic rings. The number of carbonyl (C=O) groups is 2. The summed E-state index contributed by atoms with van der Waals surface area (Å²) in [5.74, 6) is -0.537. The van der Waals surface area contributed by atoms with Crippen LogP contribution in [0.15, 0.2) is 48.6 Å². The minimum Gasteiger partial charge on any atom is -0.463 e. The molecule has 9 nitrogen and oxygen atoms in total. The molecule has 2 atom stereocenters. The molecule has 2 unspecified atom stereocenters. The predicted octanol–water partition coefficient (Wildman–Crippen LogP) is 11.2. The van der Waals surface area contributed by atoms with Crippen molar-refractivity contribution in [2.24, 2.45) is 0 Å². The zero-order valence-corrected chi connectivity index (χ0v) is 33.9. The topological polar surface area (TPSA) is 131 Å². The van der Waals surface area contributed by atoms with E-state index >= 15 is 0 Å². The zero-order valence-electron chi connectivity index (χ0n) is 33.0. The standard InChI is InChI=1S/C42H76NO8P/c1-3-5-7-9-11-13-15-16-17-18-19-20-21-22-23-24-25-26-28-30-32-34-41(45)43-36-37-50-52(47,48)51-39-40(44)38-49-42(46)35-33-31-29-27-14-12-10-8-6-4-2/h11,13,16-17,19-20,22-23,40,44H,3-10,12,14-15,18,21,24-39H2,1-2H3,(H,43,45)(H,47,48)/b13-11-,17-16-,20-19-,23-22-. The fourth-order valence-electron chi connectivity index (χ4n) is 5.36. The van der Waals surface area contributed by atoms with Crippen LogP contribution in [0.5, 0.6) is 0 Å². The smallest absolute Gasteiger partial charge is 0.463 e. The van der Waals surface area contributed by atoms with Gasteiger partial charge in [-0.15, -0.1) is 0 Å². The van der Waals surface area contributed by atoms with Gasteiger partial charge < -0.3 is 20.1 Å². The van der Waals surface area contributed by atoms with E-state index in [0.29, 0.717) is 6.42 Å². The molecule has 0 spiro atoms. The first-order valence-corrected chi connectivity index (χ1v) is 22.1. The lowest BCUT2D eigenvalue weighted by Crippen LogP contribution is -2.27. The monoisotopic (exact) mass is 754 g/mol. The van der Waals surface area contributed by atoms with Crippen LogP contribution in [-0.4, -0.2) is 54.3 Å². The van der Waals surface area contributed by atoms with Gasteiger partial charge >= 0.3 is 13.8 Å². The quantitative estimate of drug-likeness (QED) is 0.0246. The number of amides is 1. The second-order valence-electron chi connectivity index (χ2n) is 13.6. The summed E-state index contributed by atoms with van der Waals surface area (Å²) in [5.41, 5.74) is 0. The van der Waals surface area contributed by atoms with Crippen LogP contribution in [0.1, 0.15) is 174 Å². The van der Waals surface area contributed by atoms with Gasteiger partial charge in [0, 0.05) is 19.4 Å². The first-order chi connectivity index (χ1) is 25.3. The molecule has 0 aliphatic carbocycles. The molecule has 0 saturated heterocycles. The van der Waals surface area contributed by atoms with Gasteiger partial charge in [-0.1, -0.05) is 152 Å². The Morgan fingerprint density at radius 1 is 0.596 bits per heavy atom. The molecule has 0 aromatic heterocycles. The van der Waals surface area contributed by atoms with Gasteiger partial charge in [-0.3, -0.25) is 18.6 Å². The molecule has 302 valence electrons. The summed E-state index contributed by atoms with van der Waals surface area (Å²) in [7, 11) is -4.42. The van der Waals surface area contributed by atoms with Crippen LogP contribution < -0.4 is 5.32 Å². The van der Waals surface area contributed by atoms with Crippen LogP contribution in [0.25, 0.3) is 0 Å². The third-order valence-electron chi connectivity index (χ3n) is 8.51. The number of aliphatic hydroxyl groups is 1. The molecule has 0 radical (unpaired) electrons. The average molecular weight is 754 g/mol. The van der Waals surface area contributed by atoms with Crippen LogP contribution in [0.3, 0.4) is 0 Å². The molecule has 1 amide bonds. The van der Waals surface area contributed by atoms with E-state index in [1.54, 1.807) is 0 Å². The minimum atomic E-state index is -4.42. The summed E-state index contributed by atoms with van der Waals surface area (Å²) in [6, 6.07) is 0. The number of rotatable bonds is 38. The van der Waals surface area contributed by atoms with Gasteiger partial charge in [0.15, 0.2) is 0 Å². The molecule has 0 aromatic carbocycles. The van der Waals surface area contributed by atoms with E-state index in [0.717, 1.165) is 77.0 Å². The third kappa shape index (κ3) is 39.2. The molecular weight excluding hydrogens is 677 g/mol. The summed E-state index contributed by atoms with van der Waals surface area (Å²) < 4.78 is 26.8. The highest BCUT2D eigenvalue weighted by molar-refractivity contribution is 7.47. The lowest BCUT2D eigenvalue weighted by atomic mass is 10.1. The van der Waals surface area contributed by atoms with E-state index in [9.17, 15) is 24.2 Å². The summed E-state index contributed by atoms with van der Waals surface area (Å²) in [5, 5.41) is 12.6. The maximum atomic E-state index is 12.1. The zero-order chi connectivity index (χ0) is 38.2. The number of hydrogen-bond donors (Lipinski definition) is 3. The number of allylic oxidation sites excluding steroid dienone is 8. The molecule has 3 N–H and O–H groups in total. The van der Waals surface area contributed by atoms with Crippen molar-refractivity contribution in [1.82, 2.24) is 5.32 Å². The first-order valence-electron chi connectivity index (χ1n) is 20.6. The third-order valence-corrected chi connectivity index (χ3v) is 9.50. The molecular formula is C42H76NO8P. The Kier molecular flexibility index (Phi) is 37.2. The van der Waals surface area contributed by atoms with Crippen molar-refractivity contribution in [2.75, 3.05) is 26.4 Å². The second-order valence-corrected chi connectivity index (χ2v) is 15.1. The van der Waals surface area contributed by atoms with Crippen molar-refractivity contribution in [3.8, 4) is 0 Å². The van der Waals surface area contributed by atoms with Crippen molar-refractivity contribution in [3.63, 3.8) is 0 Å². The van der Waals surface area contributed by atoms with Crippen molar-refractivity contribution in [1.29, 1.82) is 0 Å². The Bertz CT molecular complexity index is 996. The number of ether oxygens (including phenoxy) is 1. The van der Waals surface area contributed by atoms with Gasteiger partial charge in [-0.25, -0.2) is 4.57 Å². The van der Waals surface area contributed by atoms with Crippen LogP contribution >= 0.6 is 7.82 Å². The van der Waals surface area contributed by atoms with Gasteiger partial charge in [0.05, 0.1) is 13.2 Å². The van der Waals surface area contributed by atoms with E-state index in [4.69, 9.17) is 13.8 Å². The Balaban J connectivity index is 3.65. The summed E-state index contributed by atoms with van der Waals surface area (Å²) in [4.78, 5) is 33.8. The molecule has 0 saturated carbocycles. The molecule has 0 rings (SSSR count). The predicted molar refractivity (Wildman–Crippen MR) is 215 cm³/mol. The Hall–Kier alpha value is -2.03. The maximum absolute atomic E-state index is 12.1. The van der Waals surface area contributed by atoms with Crippen LogP contribution in [0.2, 0.25) is 0 Å². The fraction of sp³-hybridized carbons (Fsp3) is 0.762. The summed E-state index contributed by atoms with van der Waals surface area (Å²) >= 11 is 0. The number of phosphoric ester groups is 1. The van der Waals surface area contributed by atoms with Crippen molar-refractivity contribution in [3.05, 3.63) is 48.6 Å². The molecule has 10 heteroatoms. The number of hydrogen-bond acceptors (Lipinski definition) is 7. The van der Waals surface area contributed by atoms with Crippen molar-refractivity contribution >= 4 is 19.7 Å². The minimum absolute atomic E-state index is 0.0704. The highest BCUT2D eigenvalue weighted by Crippen LogP contribution is 2.42. The Labute approximate surface area is 317 Å². The van der Waals surface area contributed by atoms with Crippen LogP contribution in [0.4, 0.5) is 0 Å². The lowest BCUT2D eigenvalue weighted by molar-refractivity contribution is -0.147. The van der Waals surface area contributed by atoms with Crippen molar-refractivity contribution < 1.29 is 37.9 Å². The molecule has 0 bridgehead atoms. The van der Waals surface area contributed by atoms with Gasteiger partial charge in [0.25, 0.3) is 0 Å². The molecule has 0 heterocycles. The van der Waals surface area contributed by atoms with Gasteiger partial charge in [-0.05, 0) is 57.8 Å². The maximum Gasteiger partial charge on any atom is 0.472 e. The second kappa shape index (κ2) is 38.7. The van der Waals surface area contributed by atoms with E-state index < -0.39 is 26.5 Å². The molecule has 0 fully saturated rings. The molecule has 0 aliphatic rings. The molecule has 0 aliphatic heterocycles. The van der Waals surface area contributed by atoms with Gasteiger partial charge in [-0.2, -0.15) is 0 Å². The number of esters is 1. The fourth-order valence-corrected chi connectivity index (χ4v) is 6.12. The summed E-state index contributed by atoms with van der Waals surface area (Å²) in [6.45, 7) is 3.47. The van der Waals surface area contributed by atoms with E-state index in [1.807, 2.05) is 0 Å². The number of carbonyl (C=O) groups excluding carboxylic acids is 2. The van der Waals surface area contributed by atoms with Crippen LogP contribution in [0, 0.1) is 0 Å². The average Bonchev–Trinajstić information content (AvgIpc) is 3.13. The Morgan fingerprint density at radius 3 is 1.60 bits per heavy atom. The first kappa shape index (κ1) is 50.0. The summed E-state index contributed by atoms with van der Waals surface area (Å²) in [6.07, 6.45) is 43.3.